The number of carboxylic acids is 1. The highest BCUT2D eigenvalue weighted by molar-refractivity contribution is 7.86. The molecule has 0 unspecified atom stereocenters. The third-order valence-corrected chi connectivity index (χ3v) is 6.18. The summed E-state index contributed by atoms with van der Waals surface area (Å²) in [5.41, 5.74) is 0. The Morgan fingerprint density at radius 3 is 2.70 bits per heavy atom. The molecule has 1 fully saturated rings. The Labute approximate surface area is 122 Å². The SMILES string of the molecule is CN(C1CC1)S(=O)(=O)N(CCc1cccs1)CC(=O)O. The molecule has 0 amide bonds. The first-order chi connectivity index (χ1) is 9.41. The predicted octanol–water partition coefficient (Wildman–Crippen LogP) is 1.02. The molecule has 6 nitrogen and oxygen atoms in total. The van der Waals surface area contributed by atoms with Crippen molar-refractivity contribution in [2.45, 2.75) is 25.3 Å². The standard InChI is InChI=1S/C12H18N2O4S2/c1-13(10-4-5-10)20(17,18)14(9-12(15)16)7-6-11-3-2-8-19-11/h2-3,8,10H,4-7,9H2,1H3,(H,15,16). The van der Waals surface area contributed by atoms with Crippen molar-refractivity contribution in [3.63, 3.8) is 0 Å². The quantitative estimate of drug-likeness (QED) is 0.776. The first kappa shape index (κ1) is 15.4. The fourth-order valence-electron chi connectivity index (χ4n) is 1.93. The molecule has 0 aliphatic heterocycles. The van der Waals surface area contributed by atoms with Crippen LogP contribution in [0.1, 0.15) is 17.7 Å². The number of aliphatic carboxylic acids is 1. The summed E-state index contributed by atoms with van der Waals surface area (Å²) in [6.45, 7) is -0.309. The molecule has 112 valence electrons. The van der Waals surface area contributed by atoms with Gasteiger partial charge in [0.15, 0.2) is 0 Å². The minimum Gasteiger partial charge on any atom is -0.480 e. The Morgan fingerprint density at radius 1 is 1.50 bits per heavy atom. The number of carboxylic acid groups (broad SMARTS) is 1. The first-order valence-corrected chi connectivity index (χ1v) is 8.66. The molecule has 1 saturated carbocycles. The zero-order chi connectivity index (χ0) is 14.8. The van der Waals surface area contributed by atoms with Crippen LogP contribution in [0.15, 0.2) is 17.5 Å². The molecule has 0 spiro atoms. The Kier molecular flexibility index (Phi) is 4.79. The molecule has 0 bridgehead atoms. The third-order valence-electron chi connectivity index (χ3n) is 3.25. The van der Waals surface area contributed by atoms with Gasteiger partial charge in [0, 0.05) is 24.5 Å². The Balaban J connectivity index is 2.07. The summed E-state index contributed by atoms with van der Waals surface area (Å²) >= 11 is 1.54. The van der Waals surface area contributed by atoms with Gasteiger partial charge in [0.05, 0.1) is 0 Å². The van der Waals surface area contributed by atoms with Gasteiger partial charge in [-0.3, -0.25) is 4.79 Å². The van der Waals surface area contributed by atoms with Gasteiger partial charge in [-0.15, -0.1) is 11.3 Å². The van der Waals surface area contributed by atoms with Gasteiger partial charge >= 0.3 is 5.97 Å². The van der Waals surface area contributed by atoms with Gasteiger partial charge < -0.3 is 5.11 Å². The molecule has 0 radical (unpaired) electrons. The van der Waals surface area contributed by atoms with Gasteiger partial charge in [0.1, 0.15) is 6.54 Å². The molecule has 1 aliphatic rings. The van der Waals surface area contributed by atoms with Crippen molar-refractivity contribution in [2.24, 2.45) is 0 Å². The van der Waals surface area contributed by atoms with E-state index in [4.69, 9.17) is 5.11 Å². The van der Waals surface area contributed by atoms with E-state index >= 15 is 0 Å². The van der Waals surface area contributed by atoms with Gasteiger partial charge in [-0.05, 0) is 30.7 Å². The summed E-state index contributed by atoms with van der Waals surface area (Å²) < 4.78 is 27.1. The molecule has 1 aromatic heterocycles. The maximum absolute atomic E-state index is 12.4. The lowest BCUT2D eigenvalue weighted by atomic mass is 10.3. The third kappa shape index (κ3) is 3.78. The topological polar surface area (TPSA) is 77.9 Å². The number of thiophene rings is 1. The smallest absolute Gasteiger partial charge is 0.318 e. The van der Waals surface area contributed by atoms with Gasteiger partial charge in [-0.2, -0.15) is 17.0 Å². The Bertz CT molecular complexity index is 552. The van der Waals surface area contributed by atoms with E-state index in [2.05, 4.69) is 0 Å². The van der Waals surface area contributed by atoms with Crippen LogP contribution in [0.5, 0.6) is 0 Å². The largest absolute Gasteiger partial charge is 0.480 e. The van der Waals surface area contributed by atoms with Crippen LogP contribution >= 0.6 is 11.3 Å². The average molecular weight is 318 g/mol. The van der Waals surface area contributed by atoms with E-state index in [9.17, 15) is 13.2 Å². The van der Waals surface area contributed by atoms with E-state index in [0.717, 1.165) is 22.0 Å². The zero-order valence-electron chi connectivity index (χ0n) is 11.2. The molecule has 0 atom stereocenters. The molecule has 0 saturated heterocycles. The highest BCUT2D eigenvalue weighted by Crippen LogP contribution is 2.28. The fourth-order valence-corrected chi connectivity index (χ4v) is 4.17. The van der Waals surface area contributed by atoms with Crippen LogP contribution < -0.4 is 0 Å². The molecule has 1 heterocycles. The summed E-state index contributed by atoms with van der Waals surface area (Å²) in [5.74, 6) is -1.14. The molecular formula is C12H18N2O4S2. The summed E-state index contributed by atoms with van der Waals surface area (Å²) in [7, 11) is -2.17. The van der Waals surface area contributed by atoms with E-state index in [0.29, 0.717) is 6.42 Å². The Morgan fingerprint density at radius 2 is 2.20 bits per heavy atom. The first-order valence-electron chi connectivity index (χ1n) is 6.38. The second kappa shape index (κ2) is 6.21. The number of rotatable bonds is 8. The lowest BCUT2D eigenvalue weighted by Gasteiger charge is -2.26. The van der Waals surface area contributed by atoms with Crippen molar-refractivity contribution >= 4 is 27.5 Å². The monoisotopic (exact) mass is 318 g/mol. The fraction of sp³-hybridized carbons (Fsp3) is 0.583. The highest BCUT2D eigenvalue weighted by Gasteiger charge is 2.38. The minimum absolute atomic E-state index is 0.0260. The van der Waals surface area contributed by atoms with Gasteiger partial charge in [0.25, 0.3) is 10.2 Å². The molecule has 1 N–H and O–H groups in total. The summed E-state index contributed by atoms with van der Waals surface area (Å²) in [4.78, 5) is 11.9. The highest BCUT2D eigenvalue weighted by atomic mass is 32.2. The van der Waals surface area contributed by atoms with E-state index in [1.807, 2.05) is 17.5 Å². The molecule has 1 aliphatic carbocycles. The van der Waals surface area contributed by atoms with Crippen LogP contribution in [0.2, 0.25) is 0 Å². The lowest BCUT2D eigenvalue weighted by molar-refractivity contribution is -0.137. The zero-order valence-corrected chi connectivity index (χ0v) is 12.9. The second-order valence-corrected chi connectivity index (χ2v) is 7.83. The normalized spacial score (nSPS) is 15.9. The molecule has 2 rings (SSSR count). The lowest BCUT2D eigenvalue weighted by Crippen LogP contribution is -2.45. The van der Waals surface area contributed by atoms with Crippen LogP contribution in [0.4, 0.5) is 0 Å². The van der Waals surface area contributed by atoms with Crippen molar-refractivity contribution in [3.05, 3.63) is 22.4 Å². The number of hydrogen-bond donors (Lipinski definition) is 1. The van der Waals surface area contributed by atoms with E-state index < -0.39 is 22.7 Å². The van der Waals surface area contributed by atoms with Crippen LogP contribution in [0.3, 0.4) is 0 Å². The predicted molar refractivity (Wildman–Crippen MR) is 76.9 cm³/mol. The van der Waals surface area contributed by atoms with Gasteiger partial charge in [-0.1, -0.05) is 6.07 Å². The van der Waals surface area contributed by atoms with Crippen LogP contribution in [0.25, 0.3) is 0 Å². The van der Waals surface area contributed by atoms with Crippen LogP contribution in [-0.2, 0) is 21.4 Å². The maximum atomic E-state index is 12.4. The van der Waals surface area contributed by atoms with Gasteiger partial charge in [0.2, 0.25) is 0 Å². The molecule has 20 heavy (non-hydrogen) atoms. The Hall–Kier alpha value is -0.960. The van der Waals surface area contributed by atoms with E-state index in [1.165, 1.54) is 22.7 Å². The number of carbonyl (C=O) groups is 1. The van der Waals surface area contributed by atoms with Crippen molar-refractivity contribution < 1.29 is 18.3 Å². The summed E-state index contributed by atoms with van der Waals surface area (Å²) in [6, 6.07) is 3.84. The van der Waals surface area contributed by atoms with Crippen molar-refractivity contribution in [3.8, 4) is 0 Å². The summed E-state index contributed by atoms with van der Waals surface area (Å²) in [5, 5.41) is 10.8. The second-order valence-electron chi connectivity index (χ2n) is 4.81. The summed E-state index contributed by atoms with van der Waals surface area (Å²) in [6.07, 6.45) is 2.23. The minimum atomic E-state index is -3.70. The van der Waals surface area contributed by atoms with Crippen LogP contribution in [0, 0.1) is 0 Å². The molecular weight excluding hydrogens is 300 g/mol. The maximum Gasteiger partial charge on any atom is 0.318 e. The number of hydrogen-bond acceptors (Lipinski definition) is 4. The van der Waals surface area contributed by atoms with E-state index in [1.54, 1.807) is 0 Å². The molecule has 8 heteroatoms. The van der Waals surface area contributed by atoms with E-state index in [-0.39, 0.29) is 12.6 Å². The average Bonchev–Trinajstić information content (AvgIpc) is 3.10. The molecule has 0 aromatic carbocycles. The molecule has 1 aromatic rings. The number of nitrogens with zero attached hydrogens (tertiary/aromatic N) is 2. The van der Waals surface area contributed by atoms with Crippen molar-refractivity contribution in [2.75, 3.05) is 20.1 Å². The van der Waals surface area contributed by atoms with Crippen molar-refractivity contribution in [1.82, 2.24) is 8.61 Å². The van der Waals surface area contributed by atoms with Crippen LogP contribution in [-0.4, -0.2) is 54.3 Å². The van der Waals surface area contributed by atoms with Crippen molar-refractivity contribution in [1.29, 1.82) is 0 Å². The van der Waals surface area contributed by atoms with Gasteiger partial charge in [-0.25, -0.2) is 0 Å².